The summed E-state index contributed by atoms with van der Waals surface area (Å²) in [5.74, 6) is 0.341. The second-order valence-electron chi connectivity index (χ2n) is 6.98. The molecule has 1 fully saturated rings. The average molecular weight is 336 g/mol. The molecule has 126 valence electrons. The van der Waals surface area contributed by atoms with Gasteiger partial charge in [-0.15, -0.1) is 0 Å². The number of benzene rings is 1. The second kappa shape index (κ2) is 6.72. The zero-order valence-corrected chi connectivity index (χ0v) is 14.9. The fourth-order valence-corrected chi connectivity index (χ4v) is 4.66. The molecule has 0 amide bonds. The molecule has 0 radical (unpaired) electrons. The topological polar surface area (TPSA) is 29.5 Å². The van der Waals surface area contributed by atoms with Crippen LogP contribution in [0.3, 0.4) is 0 Å². The molecule has 1 spiro atoms. The van der Waals surface area contributed by atoms with Crippen molar-refractivity contribution in [2.75, 3.05) is 18.1 Å². The highest BCUT2D eigenvalue weighted by Gasteiger charge is 2.44. The highest BCUT2D eigenvalue weighted by Crippen LogP contribution is 2.49. The first-order valence-electron chi connectivity index (χ1n) is 8.78. The van der Waals surface area contributed by atoms with Gasteiger partial charge in [-0.25, -0.2) is 0 Å². The van der Waals surface area contributed by atoms with E-state index >= 15 is 0 Å². The molecule has 1 aromatic rings. The van der Waals surface area contributed by atoms with Crippen LogP contribution in [0.4, 0.5) is 5.69 Å². The molecule has 0 N–H and O–H groups in total. The summed E-state index contributed by atoms with van der Waals surface area (Å²) in [4.78, 5) is 14.5. The summed E-state index contributed by atoms with van der Waals surface area (Å²) in [6.07, 6.45) is 7.22. The molecular weight excluding hydrogens is 310 g/mol. The van der Waals surface area contributed by atoms with Crippen molar-refractivity contribution in [2.24, 2.45) is 0 Å². The van der Waals surface area contributed by atoms with Gasteiger partial charge in [-0.1, -0.05) is 37.8 Å². The van der Waals surface area contributed by atoms with Crippen LogP contribution in [0.1, 0.15) is 63.9 Å². The maximum absolute atomic E-state index is 12.2. The molecule has 0 aromatic heterocycles. The van der Waals surface area contributed by atoms with Crippen molar-refractivity contribution in [1.82, 2.24) is 0 Å². The molecule has 2 aliphatic rings. The minimum Gasteiger partial charge on any atom is -0.465 e. The Balaban J connectivity index is 2.00. The van der Waals surface area contributed by atoms with E-state index in [1.807, 2.05) is 13.0 Å². The van der Waals surface area contributed by atoms with Crippen LogP contribution in [-0.2, 0) is 9.53 Å². The van der Waals surface area contributed by atoms with Gasteiger partial charge in [0.25, 0.3) is 0 Å². The highest BCUT2D eigenvalue weighted by atomic mass is 35.5. The summed E-state index contributed by atoms with van der Waals surface area (Å²) in [5, 5.41) is 0.770. The Morgan fingerprint density at radius 1 is 1.35 bits per heavy atom. The summed E-state index contributed by atoms with van der Waals surface area (Å²) >= 11 is 6.21. The predicted molar refractivity (Wildman–Crippen MR) is 94.3 cm³/mol. The Bertz CT molecular complexity index is 581. The predicted octanol–water partition coefficient (Wildman–Crippen LogP) is 4.92. The number of halogens is 1. The van der Waals surface area contributed by atoms with Crippen LogP contribution in [0.15, 0.2) is 18.2 Å². The fourth-order valence-electron chi connectivity index (χ4n) is 4.48. The molecule has 1 unspecified atom stereocenters. The smallest absolute Gasteiger partial charge is 0.325 e. The molecule has 1 atom stereocenters. The van der Waals surface area contributed by atoms with E-state index in [0.717, 1.165) is 11.4 Å². The first-order chi connectivity index (χ1) is 11.1. The standard InChI is InChI=1S/C19H26ClNO2/c1-3-23-18(22)13-21-17-8-7-15(20)11-16(17)14(2)12-19(21)9-5-4-6-10-19/h7-8,11,14H,3-6,9-10,12-13H2,1-2H3. The minimum atomic E-state index is -0.132. The van der Waals surface area contributed by atoms with Crippen molar-refractivity contribution >= 4 is 23.3 Å². The Morgan fingerprint density at radius 3 is 2.78 bits per heavy atom. The molecule has 3 nitrogen and oxygen atoms in total. The van der Waals surface area contributed by atoms with Crippen LogP contribution in [0.2, 0.25) is 5.02 Å². The van der Waals surface area contributed by atoms with Gasteiger partial charge in [0.15, 0.2) is 0 Å². The van der Waals surface area contributed by atoms with E-state index in [9.17, 15) is 4.79 Å². The van der Waals surface area contributed by atoms with Crippen LogP contribution in [0, 0.1) is 0 Å². The van der Waals surface area contributed by atoms with Crippen LogP contribution in [-0.4, -0.2) is 24.7 Å². The molecule has 4 heteroatoms. The molecule has 1 heterocycles. The third-order valence-electron chi connectivity index (χ3n) is 5.45. The van der Waals surface area contributed by atoms with Gasteiger partial charge < -0.3 is 9.64 Å². The van der Waals surface area contributed by atoms with Crippen LogP contribution in [0.5, 0.6) is 0 Å². The van der Waals surface area contributed by atoms with E-state index in [-0.39, 0.29) is 11.5 Å². The number of nitrogens with zero attached hydrogens (tertiary/aromatic N) is 1. The number of hydrogen-bond donors (Lipinski definition) is 0. The van der Waals surface area contributed by atoms with Gasteiger partial charge in [-0.3, -0.25) is 4.79 Å². The van der Waals surface area contributed by atoms with E-state index < -0.39 is 0 Å². The molecule has 0 saturated heterocycles. The van der Waals surface area contributed by atoms with Gasteiger partial charge in [-0.2, -0.15) is 0 Å². The summed E-state index contributed by atoms with van der Waals surface area (Å²) < 4.78 is 5.24. The normalized spacial score (nSPS) is 22.7. The first-order valence-corrected chi connectivity index (χ1v) is 9.16. The Morgan fingerprint density at radius 2 is 2.09 bits per heavy atom. The van der Waals surface area contributed by atoms with Crippen molar-refractivity contribution in [3.05, 3.63) is 28.8 Å². The quantitative estimate of drug-likeness (QED) is 0.734. The van der Waals surface area contributed by atoms with Crippen LogP contribution < -0.4 is 4.90 Å². The van der Waals surface area contributed by atoms with Gasteiger partial charge in [0.05, 0.1) is 6.61 Å². The number of esters is 1. The zero-order valence-electron chi connectivity index (χ0n) is 14.1. The molecular formula is C19H26ClNO2. The Labute approximate surface area is 144 Å². The first kappa shape index (κ1) is 16.6. The zero-order chi connectivity index (χ0) is 16.4. The fraction of sp³-hybridized carbons (Fsp3) is 0.632. The SMILES string of the molecule is CCOC(=O)CN1c2ccc(Cl)cc2C(C)CC12CCCCC2. The molecule has 1 aromatic carbocycles. The minimum absolute atomic E-state index is 0.102. The van der Waals surface area contributed by atoms with Gasteiger partial charge in [-0.05, 0) is 55.9 Å². The van der Waals surface area contributed by atoms with E-state index in [0.29, 0.717) is 19.1 Å². The monoisotopic (exact) mass is 335 g/mol. The van der Waals surface area contributed by atoms with Crippen molar-refractivity contribution < 1.29 is 9.53 Å². The number of rotatable bonds is 3. The molecule has 0 bridgehead atoms. The summed E-state index contributed by atoms with van der Waals surface area (Å²) in [6.45, 7) is 4.92. The lowest BCUT2D eigenvalue weighted by Crippen LogP contribution is -2.55. The number of carbonyl (C=O) groups excluding carboxylic acids is 1. The summed E-state index contributed by atoms with van der Waals surface area (Å²) in [6, 6.07) is 6.09. The Hall–Kier alpha value is -1.22. The summed E-state index contributed by atoms with van der Waals surface area (Å²) in [7, 11) is 0. The van der Waals surface area contributed by atoms with E-state index in [1.54, 1.807) is 0 Å². The lowest BCUT2D eigenvalue weighted by atomic mass is 9.70. The Kier molecular flexibility index (Phi) is 4.86. The molecule has 1 aliphatic carbocycles. The number of fused-ring (bicyclic) bond motifs is 1. The van der Waals surface area contributed by atoms with Crippen LogP contribution in [0.25, 0.3) is 0 Å². The molecule has 1 saturated carbocycles. The molecule has 3 rings (SSSR count). The average Bonchev–Trinajstić information content (AvgIpc) is 2.53. The lowest BCUT2D eigenvalue weighted by molar-refractivity contribution is -0.141. The number of ether oxygens (including phenoxy) is 1. The van der Waals surface area contributed by atoms with Crippen molar-refractivity contribution in [3.8, 4) is 0 Å². The maximum atomic E-state index is 12.2. The van der Waals surface area contributed by atoms with Gasteiger partial charge >= 0.3 is 5.97 Å². The van der Waals surface area contributed by atoms with E-state index in [1.165, 1.54) is 43.4 Å². The number of hydrogen-bond acceptors (Lipinski definition) is 3. The third kappa shape index (κ3) is 3.21. The largest absolute Gasteiger partial charge is 0.465 e. The number of anilines is 1. The van der Waals surface area contributed by atoms with Gasteiger partial charge in [0.1, 0.15) is 6.54 Å². The lowest BCUT2D eigenvalue weighted by Gasteiger charge is -2.53. The van der Waals surface area contributed by atoms with E-state index in [4.69, 9.17) is 16.3 Å². The van der Waals surface area contributed by atoms with Crippen molar-refractivity contribution in [2.45, 2.75) is 63.8 Å². The van der Waals surface area contributed by atoms with E-state index in [2.05, 4.69) is 24.0 Å². The third-order valence-corrected chi connectivity index (χ3v) is 5.68. The second-order valence-corrected chi connectivity index (χ2v) is 7.42. The van der Waals surface area contributed by atoms with Crippen LogP contribution >= 0.6 is 11.6 Å². The maximum Gasteiger partial charge on any atom is 0.325 e. The van der Waals surface area contributed by atoms with Gasteiger partial charge in [0.2, 0.25) is 0 Å². The van der Waals surface area contributed by atoms with Crippen molar-refractivity contribution in [3.63, 3.8) is 0 Å². The number of carbonyl (C=O) groups is 1. The molecule has 1 aliphatic heterocycles. The molecule has 23 heavy (non-hydrogen) atoms. The summed E-state index contributed by atoms with van der Waals surface area (Å²) in [5.41, 5.74) is 2.53. The van der Waals surface area contributed by atoms with Crippen molar-refractivity contribution in [1.29, 1.82) is 0 Å². The highest BCUT2D eigenvalue weighted by molar-refractivity contribution is 6.30. The van der Waals surface area contributed by atoms with Gasteiger partial charge in [0, 0.05) is 16.2 Å².